The Morgan fingerprint density at radius 2 is 1.54 bits per heavy atom. The van der Waals surface area contributed by atoms with E-state index in [1.807, 2.05) is 19.1 Å². The number of ketones is 1. The maximum absolute atomic E-state index is 13.1. The number of carbonyl (C=O) groups is 5. The Morgan fingerprint density at radius 1 is 0.829 bits per heavy atom. The number of Topliss-reactive ketones (excluding diaryl/α,β-unsaturated/α-hetero) is 1. The number of benzene rings is 3. The van der Waals surface area contributed by atoms with E-state index < -0.39 is 36.2 Å². The minimum Gasteiger partial charge on any atom is -0.497 e. The van der Waals surface area contributed by atoms with Crippen LogP contribution in [0.4, 0.5) is 5.69 Å². The first kappa shape index (κ1) is 27.5. The highest BCUT2D eigenvalue weighted by molar-refractivity contribution is 6.22. The normalized spacial score (nSPS) is 19.5. The highest BCUT2D eigenvalue weighted by Gasteiger charge is 2.50. The predicted molar refractivity (Wildman–Crippen MR) is 148 cm³/mol. The third kappa shape index (κ3) is 5.65. The molecular formula is C32H27NO8. The summed E-state index contributed by atoms with van der Waals surface area (Å²) in [4.78, 5) is 65.0. The molecule has 9 heteroatoms. The van der Waals surface area contributed by atoms with E-state index in [2.05, 4.69) is 0 Å². The molecule has 9 nitrogen and oxygen atoms in total. The number of imide groups is 1. The summed E-state index contributed by atoms with van der Waals surface area (Å²) < 4.78 is 15.7. The highest BCUT2D eigenvalue weighted by Crippen LogP contribution is 2.40. The summed E-state index contributed by atoms with van der Waals surface area (Å²) in [6.07, 6.45) is 4.38. The van der Waals surface area contributed by atoms with Gasteiger partial charge in [-0.05, 0) is 73.0 Å². The van der Waals surface area contributed by atoms with Crippen molar-refractivity contribution in [3.05, 3.63) is 102 Å². The molecule has 1 fully saturated rings. The second kappa shape index (κ2) is 11.6. The van der Waals surface area contributed by atoms with Crippen LogP contribution < -0.4 is 14.4 Å². The molecule has 0 aromatic heterocycles. The van der Waals surface area contributed by atoms with Crippen molar-refractivity contribution in [1.29, 1.82) is 0 Å². The van der Waals surface area contributed by atoms with Crippen LogP contribution >= 0.6 is 0 Å². The number of methoxy groups -OCH3 is 1. The summed E-state index contributed by atoms with van der Waals surface area (Å²) in [5, 5.41) is 0. The molecular weight excluding hydrogens is 526 g/mol. The standard InChI is InChI=1S/C32H27NO8/c1-19-6-3-11-26-28(19)30(36)33(29(26)35)23-9-4-7-21(16-23)31(37)40-18-27(34)20-12-14-24(15-13-20)41-32(38)22-8-5-10-25(17-22)39-2/h3-10,12-17,19,26,28H,11,18H2,1-2H3. The van der Waals surface area contributed by atoms with Crippen molar-refractivity contribution in [2.24, 2.45) is 17.8 Å². The fraction of sp³-hybridized carbons (Fsp3) is 0.219. The van der Waals surface area contributed by atoms with Crippen molar-refractivity contribution < 1.29 is 38.2 Å². The molecule has 0 N–H and O–H groups in total. The van der Waals surface area contributed by atoms with Crippen LogP contribution in [0, 0.1) is 17.8 Å². The first-order valence-electron chi connectivity index (χ1n) is 13.1. The van der Waals surface area contributed by atoms with Gasteiger partial charge in [0.25, 0.3) is 0 Å². The van der Waals surface area contributed by atoms with Gasteiger partial charge in [0.15, 0.2) is 12.4 Å². The first-order valence-corrected chi connectivity index (χ1v) is 13.1. The van der Waals surface area contributed by atoms with Crippen LogP contribution in [0.3, 0.4) is 0 Å². The van der Waals surface area contributed by atoms with Gasteiger partial charge in [-0.3, -0.25) is 19.3 Å². The van der Waals surface area contributed by atoms with E-state index >= 15 is 0 Å². The van der Waals surface area contributed by atoms with Gasteiger partial charge in [0.1, 0.15) is 11.5 Å². The van der Waals surface area contributed by atoms with Crippen LogP contribution in [-0.2, 0) is 14.3 Å². The number of hydrogen-bond acceptors (Lipinski definition) is 8. The Labute approximate surface area is 236 Å². The molecule has 3 aromatic rings. The molecule has 0 radical (unpaired) electrons. The lowest BCUT2D eigenvalue weighted by atomic mass is 9.78. The minimum absolute atomic E-state index is 0.0524. The van der Waals surface area contributed by atoms with Crippen LogP contribution in [0.25, 0.3) is 0 Å². The molecule has 3 atom stereocenters. The number of hydrogen-bond donors (Lipinski definition) is 0. The van der Waals surface area contributed by atoms with Crippen molar-refractivity contribution in [2.45, 2.75) is 13.3 Å². The van der Waals surface area contributed by atoms with Crippen LogP contribution in [0.2, 0.25) is 0 Å². The molecule has 2 amide bonds. The zero-order chi connectivity index (χ0) is 29.1. The van der Waals surface area contributed by atoms with Gasteiger partial charge in [0.2, 0.25) is 11.8 Å². The maximum Gasteiger partial charge on any atom is 0.343 e. The van der Waals surface area contributed by atoms with Gasteiger partial charge < -0.3 is 14.2 Å². The summed E-state index contributed by atoms with van der Waals surface area (Å²) in [6.45, 7) is 1.39. The lowest BCUT2D eigenvalue weighted by molar-refractivity contribution is -0.122. The van der Waals surface area contributed by atoms with Crippen molar-refractivity contribution in [1.82, 2.24) is 0 Å². The molecule has 41 heavy (non-hydrogen) atoms. The quantitative estimate of drug-likeness (QED) is 0.130. The summed E-state index contributed by atoms with van der Waals surface area (Å²) in [6, 6.07) is 18.4. The second-order valence-electron chi connectivity index (χ2n) is 9.86. The van der Waals surface area contributed by atoms with E-state index in [4.69, 9.17) is 14.2 Å². The molecule has 1 saturated heterocycles. The van der Waals surface area contributed by atoms with E-state index in [0.717, 1.165) is 4.90 Å². The van der Waals surface area contributed by atoms with Gasteiger partial charge in [-0.2, -0.15) is 0 Å². The molecule has 1 heterocycles. The van der Waals surface area contributed by atoms with E-state index in [1.165, 1.54) is 43.5 Å². The highest BCUT2D eigenvalue weighted by atomic mass is 16.5. The monoisotopic (exact) mass is 553 g/mol. The number of amides is 2. The number of nitrogens with zero attached hydrogens (tertiary/aromatic N) is 1. The lowest BCUT2D eigenvalue weighted by Gasteiger charge is -2.22. The summed E-state index contributed by atoms with van der Waals surface area (Å²) >= 11 is 0. The molecule has 3 aromatic carbocycles. The third-order valence-corrected chi connectivity index (χ3v) is 7.24. The maximum atomic E-state index is 13.1. The van der Waals surface area contributed by atoms with Crippen LogP contribution in [0.1, 0.15) is 44.4 Å². The number of carbonyl (C=O) groups excluding carboxylic acids is 5. The fourth-order valence-corrected chi connectivity index (χ4v) is 5.10. The molecule has 2 aliphatic rings. The largest absolute Gasteiger partial charge is 0.497 e. The Balaban J connectivity index is 1.19. The van der Waals surface area contributed by atoms with Gasteiger partial charge in [-0.1, -0.05) is 31.2 Å². The molecule has 0 spiro atoms. The second-order valence-corrected chi connectivity index (χ2v) is 9.86. The number of ether oxygens (including phenoxy) is 3. The lowest BCUT2D eigenvalue weighted by Crippen LogP contribution is -2.31. The average Bonchev–Trinajstić information content (AvgIpc) is 3.26. The van der Waals surface area contributed by atoms with Crippen LogP contribution in [0.5, 0.6) is 11.5 Å². The van der Waals surface area contributed by atoms with Crippen LogP contribution in [0.15, 0.2) is 84.9 Å². The zero-order valence-electron chi connectivity index (χ0n) is 22.4. The van der Waals surface area contributed by atoms with E-state index in [-0.39, 0.29) is 34.6 Å². The number of esters is 2. The first-order chi connectivity index (χ1) is 19.8. The van der Waals surface area contributed by atoms with Gasteiger partial charge >= 0.3 is 11.9 Å². The molecule has 1 aliphatic heterocycles. The minimum atomic E-state index is -0.768. The van der Waals surface area contributed by atoms with E-state index in [9.17, 15) is 24.0 Å². The molecule has 208 valence electrons. The Morgan fingerprint density at radius 3 is 2.24 bits per heavy atom. The SMILES string of the molecule is COc1cccc(C(=O)Oc2ccc(C(=O)COC(=O)c3cccc(N4C(=O)C5CC=CC(C)C5C4=O)c3)cc2)c1. The van der Waals surface area contributed by atoms with Crippen molar-refractivity contribution >= 4 is 35.2 Å². The van der Waals surface area contributed by atoms with E-state index in [1.54, 1.807) is 36.4 Å². The fourth-order valence-electron chi connectivity index (χ4n) is 5.10. The average molecular weight is 554 g/mol. The van der Waals surface area contributed by atoms with Crippen LogP contribution in [-0.4, -0.2) is 43.3 Å². The third-order valence-electron chi connectivity index (χ3n) is 7.24. The molecule has 1 aliphatic carbocycles. The number of rotatable bonds is 8. The van der Waals surface area contributed by atoms with Crippen molar-refractivity contribution in [2.75, 3.05) is 18.6 Å². The zero-order valence-corrected chi connectivity index (χ0v) is 22.4. The summed E-state index contributed by atoms with van der Waals surface area (Å²) in [5.41, 5.74) is 0.966. The summed E-state index contributed by atoms with van der Waals surface area (Å²) in [5.74, 6) is -2.51. The van der Waals surface area contributed by atoms with Crippen molar-refractivity contribution in [3.8, 4) is 11.5 Å². The van der Waals surface area contributed by atoms with Gasteiger partial charge in [-0.15, -0.1) is 0 Å². The smallest absolute Gasteiger partial charge is 0.343 e. The van der Waals surface area contributed by atoms with Crippen molar-refractivity contribution in [3.63, 3.8) is 0 Å². The molecule has 5 rings (SSSR count). The van der Waals surface area contributed by atoms with Gasteiger partial charge in [0.05, 0.1) is 35.8 Å². The molecule has 3 unspecified atom stereocenters. The topological polar surface area (TPSA) is 116 Å². The predicted octanol–water partition coefficient (Wildman–Crippen LogP) is 4.66. The van der Waals surface area contributed by atoms with E-state index in [0.29, 0.717) is 23.4 Å². The number of allylic oxidation sites excluding steroid dienone is 2. The number of fused-ring (bicyclic) bond motifs is 1. The Bertz CT molecular complexity index is 1560. The van der Waals surface area contributed by atoms with Gasteiger partial charge in [0, 0.05) is 5.56 Å². The summed E-state index contributed by atoms with van der Waals surface area (Å²) in [7, 11) is 1.50. The molecule has 0 saturated carbocycles. The Hall–Kier alpha value is -5.05. The Kier molecular flexibility index (Phi) is 7.78. The number of anilines is 1. The molecule has 0 bridgehead atoms. The van der Waals surface area contributed by atoms with Gasteiger partial charge in [-0.25, -0.2) is 9.59 Å².